The first-order valence-electron chi connectivity index (χ1n) is 8.20. The van der Waals surface area contributed by atoms with E-state index in [4.69, 9.17) is 5.73 Å². The Balaban J connectivity index is 1.66. The molecular formula is C16H26N4O. The van der Waals surface area contributed by atoms with E-state index in [0.717, 1.165) is 24.9 Å². The van der Waals surface area contributed by atoms with Gasteiger partial charge in [0, 0.05) is 31.4 Å². The maximum Gasteiger partial charge on any atom is 0.244 e. The van der Waals surface area contributed by atoms with Crippen molar-refractivity contribution >= 4 is 5.91 Å². The molecule has 1 unspecified atom stereocenters. The van der Waals surface area contributed by atoms with Crippen LogP contribution in [0.15, 0.2) is 12.4 Å². The summed E-state index contributed by atoms with van der Waals surface area (Å²) >= 11 is 0. The smallest absolute Gasteiger partial charge is 0.244 e. The first kappa shape index (κ1) is 14.6. The number of amides is 1. The molecule has 0 aromatic carbocycles. The minimum Gasteiger partial charge on any atom is -0.338 e. The third kappa shape index (κ3) is 3.46. The molecule has 2 saturated carbocycles. The van der Waals surface area contributed by atoms with Crippen LogP contribution < -0.4 is 5.73 Å². The summed E-state index contributed by atoms with van der Waals surface area (Å²) in [7, 11) is 1.85. The molecule has 3 rings (SSSR count). The van der Waals surface area contributed by atoms with E-state index in [-0.39, 0.29) is 5.91 Å². The Kier molecular flexibility index (Phi) is 4.29. The van der Waals surface area contributed by atoms with Crippen LogP contribution in [0.2, 0.25) is 0 Å². The Hall–Kier alpha value is -1.36. The molecule has 21 heavy (non-hydrogen) atoms. The van der Waals surface area contributed by atoms with E-state index < -0.39 is 6.04 Å². The second kappa shape index (κ2) is 6.18. The molecule has 0 saturated heterocycles. The van der Waals surface area contributed by atoms with E-state index in [1.54, 1.807) is 10.9 Å². The van der Waals surface area contributed by atoms with Crippen LogP contribution in [0, 0.1) is 5.92 Å². The van der Waals surface area contributed by atoms with Gasteiger partial charge in [-0.25, -0.2) is 0 Å². The van der Waals surface area contributed by atoms with Gasteiger partial charge in [0.05, 0.1) is 6.20 Å². The molecule has 2 fully saturated rings. The fourth-order valence-electron chi connectivity index (χ4n) is 3.38. The third-order valence-electron chi connectivity index (χ3n) is 4.80. The minimum absolute atomic E-state index is 0.0797. The van der Waals surface area contributed by atoms with E-state index >= 15 is 0 Å². The molecule has 5 heteroatoms. The molecule has 2 aliphatic carbocycles. The zero-order chi connectivity index (χ0) is 14.8. The minimum atomic E-state index is -0.567. The Morgan fingerprint density at radius 3 is 2.67 bits per heavy atom. The number of aryl methyl sites for hydroxylation is 1. The standard InChI is InChI=1S/C16H26N4O/c1-19-11-13(9-18-19)15(17)16(21)20(14-7-8-14)10-12-5-3-2-4-6-12/h9,11-12,14-15H,2-8,10,17H2,1H3. The number of nitrogens with two attached hydrogens (primary N) is 1. The van der Waals surface area contributed by atoms with Crippen molar-refractivity contribution in [2.75, 3.05) is 6.54 Å². The zero-order valence-corrected chi connectivity index (χ0v) is 12.9. The van der Waals surface area contributed by atoms with Crippen molar-refractivity contribution in [3.05, 3.63) is 18.0 Å². The molecule has 2 N–H and O–H groups in total. The average molecular weight is 290 g/mol. The molecule has 5 nitrogen and oxygen atoms in total. The summed E-state index contributed by atoms with van der Waals surface area (Å²) < 4.78 is 1.70. The van der Waals surface area contributed by atoms with Crippen molar-refractivity contribution in [3.63, 3.8) is 0 Å². The van der Waals surface area contributed by atoms with Gasteiger partial charge in [-0.2, -0.15) is 5.10 Å². The molecule has 0 aliphatic heterocycles. The number of rotatable bonds is 5. The topological polar surface area (TPSA) is 64.2 Å². The SMILES string of the molecule is Cn1cc(C(N)C(=O)N(CC2CCCCC2)C2CC2)cn1. The molecule has 1 aromatic heterocycles. The van der Waals surface area contributed by atoms with Crippen molar-refractivity contribution in [2.24, 2.45) is 18.7 Å². The van der Waals surface area contributed by atoms with Crippen LogP contribution in [-0.4, -0.2) is 33.2 Å². The highest BCUT2D eigenvalue weighted by Crippen LogP contribution is 2.32. The summed E-state index contributed by atoms with van der Waals surface area (Å²) in [5, 5.41) is 4.12. The zero-order valence-electron chi connectivity index (χ0n) is 12.9. The van der Waals surface area contributed by atoms with Gasteiger partial charge in [-0.1, -0.05) is 19.3 Å². The number of carbonyl (C=O) groups is 1. The van der Waals surface area contributed by atoms with Crippen molar-refractivity contribution in [1.82, 2.24) is 14.7 Å². The van der Waals surface area contributed by atoms with Crippen molar-refractivity contribution < 1.29 is 4.79 Å². The summed E-state index contributed by atoms with van der Waals surface area (Å²) in [6, 6.07) is -0.134. The van der Waals surface area contributed by atoms with Crippen LogP contribution in [0.5, 0.6) is 0 Å². The van der Waals surface area contributed by atoms with Crippen LogP contribution in [0.25, 0.3) is 0 Å². The van der Waals surface area contributed by atoms with Gasteiger partial charge in [0.2, 0.25) is 5.91 Å². The molecule has 2 aliphatic rings. The highest BCUT2D eigenvalue weighted by molar-refractivity contribution is 5.83. The molecule has 1 aromatic rings. The summed E-state index contributed by atoms with van der Waals surface area (Å²) in [6.45, 7) is 0.900. The van der Waals surface area contributed by atoms with Crippen LogP contribution >= 0.6 is 0 Å². The average Bonchev–Trinajstić information content (AvgIpc) is 3.25. The summed E-state index contributed by atoms with van der Waals surface area (Å²) in [4.78, 5) is 14.8. The quantitative estimate of drug-likeness (QED) is 0.902. The predicted octanol–water partition coefficient (Wildman–Crippen LogP) is 1.99. The monoisotopic (exact) mass is 290 g/mol. The second-order valence-corrected chi connectivity index (χ2v) is 6.65. The lowest BCUT2D eigenvalue weighted by Crippen LogP contribution is -2.42. The fourth-order valence-corrected chi connectivity index (χ4v) is 3.38. The van der Waals surface area contributed by atoms with E-state index in [1.165, 1.54) is 32.1 Å². The molecule has 0 spiro atoms. The lowest BCUT2D eigenvalue weighted by atomic mass is 9.88. The normalized spacial score (nSPS) is 21.2. The molecule has 0 radical (unpaired) electrons. The van der Waals surface area contributed by atoms with Crippen LogP contribution in [0.1, 0.15) is 56.6 Å². The maximum atomic E-state index is 12.8. The van der Waals surface area contributed by atoms with Gasteiger partial charge in [-0.15, -0.1) is 0 Å². The van der Waals surface area contributed by atoms with E-state index in [2.05, 4.69) is 10.00 Å². The highest BCUT2D eigenvalue weighted by Gasteiger charge is 2.36. The van der Waals surface area contributed by atoms with Gasteiger partial charge in [0.1, 0.15) is 6.04 Å². The van der Waals surface area contributed by atoms with E-state index in [1.807, 2.05) is 13.2 Å². The van der Waals surface area contributed by atoms with Gasteiger partial charge in [-0.3, -0.25) is 9.48 Å². The van der Waals surface area contributed by atoms with Crippen LogP contribution in [0.4, 0.5) is 0 Å². The van der Waals surface area contributed by atoms with Gasteiger partial charge >= 0.3 is 0 Å². The number of aromatic nitrogens is 2. The molecule has 0 bridgehead atoms. The fraction of sp³-hybridized carbons (Fsp3) is 0.750. The Labute approximate surface area is 126 Å². The molecular weight excluding hydrogens is 264 g/mol. The lowest BCUT2D eigenvalue weighted by Gasteiger charge is -2.31. The maximum absolute atomic E-state index is 12.8. The molecule has 1 atom stereocenters. The summed E-state index contributed by atoms with van der Waals surface area (Å²) in [5.41, 5.74) is 7.00. The number of hydrogen-bond donors (Lipinski definition) is 1. The summed E-state index contributed by atoms with van der Waals surface area (Å²) in [5.74, 6) is 0.750. The van der Waals surface area contributed by atoms with E-state index in [9.17, 15) is 4.79 Å². The second-order valence-electron chi connectivity index (χ2n) is 6.65. The third-order valence-corrected chi connectivity index (χ3v) is 4.80. The Morgan fingerprint density at radius 2 is 2.10 bits per heavy atom. The van der Waals surface area contributed by atoms with Gasteiger partial charge in [-0.05, 0) is 31.6 Å². The van der Waals surface area contributed by atoms with Crippen molar-refractivity contribution in [2.45, 2.75) is 57.0 Å². The number of hydrogen-bond acceptors (Lipinski definition) is 3. The lowest BCUT2D eigenvalue weighted by molar-refractivity contribution is -0.134. The molecule has 1 amide bonds. The number of nitrogens with zero attached hydrogens (tertiary/aromatic N) is 3. The first-order chi connectivity index (χ1) is 10.1. The van der Waals surface area contributed by atoms with Crippen molar-refractivity contribution in [3.8, 4) is 0 Å². The molecule has 1 heterocycles. The predicted molar refractivity (Wildman–Crippen MR) is 81.4 cm³/mol. The Bertz CT molecular complexity index is 488. The molecule has 116 valence electrons. The number of carbonyl (C=O) groups excluding carboxylic acids is 1. The van der Waals surface area contributed by atoms with Gasteiger partial charge in [0.15, 0.2) is 0 Å². The first-order valence-corrected chi connectivity index (χ1v) is 8.20. The summed E-state index contributed by atoms with van der Waals surface area (Å²) in [6.07, 6.45) is 12.3. The Morgan fingerprint density at radius 1 is 1.38 bits per heavy atom. The van der Waals surface area contributed by atoms with E-state index in [0.29, 0.717) is 12.0 Å². The van der Waals surface area contributed by atoms with Crippen molar-refractivity contribution in [1.29, 1.82) is 0 Å². The van der Waals surface area contributed by atoms with Gasteiger partial charge < -0.3 is 10.6 Å². The van der Waals surface area contributed by atoms with Crippen LogP contribution in [0.3, 0.4) is 0 Å². The van der Waals surface area contributed by atoms with Gasteiger partial charge in [0.25, 0.3) is 0 Å². The largest absolute Gasteiger partial charge is 0.338 e. The highest BCUT2D eigenvalue weighted by atomic mass is 16.2. The van der Waals surface area contributed by atoms with Crippen LogP contribution in [-0.2, 0) is 11.8 Å².